The SMILES string of the molecule is CCC(CC(=O)N1C2CCC1CC(C(=O)O)C2)NC(=O)OCC1c2ccccc2-c2ccccc21. The maximum absolute atomic E-state index is 13.1. The third-order valence-corrected chi connectivity index (χ3v) is 7.95. The number of hydrogen-bond donors (Lipinski definition) is 2. The monoisotopic (exact) mass is 476 g/mol. The first-order valence-electron chi connectivity index (χ1n) is 12.6. The van der Waals surface area contributed by atoms with Gasteiger partial charge in [-0.1, -0.05) is 55.5 Å². The number of rotatable bonds is 7. The van der Waals surface area contributed by atoms with Crippen LogP contribution in [-0.2, 0) is 14.3 Å². The molecule has 0 radical (unpaired) electrons. The van der Waals surface area contributed by atoms with Crippen molar-refractivity contribution in [3.05, 3.63) is 59.7 Å². The van der Waals surface area contributed by atoms with Crippen molar-refractivity contribution < 1.29 is 24.2 Å². The summed E-state index contributed by atoms with van der Waals surface area (Å²) in [6, 6.07) is 16.1. The number of hydrogen-bond acceptors (Lipinski definition) is 4. The predicted molar refractivity (Wildman–Crippen MR) is 131 cm³/mol. The van der Waals surface area contributed by atoms with Crippen LogP contribution in [0.25, 0.3) is 11.1 Å². The number of ether oxygens (including phenoxy) is 1. The number of benzene rings is 2. The first kappa shape index (κ1) is 23.4. The molecule has 1 aliphatic carbocycles. The molecule has 0 aromatic heterocycles. The maximum atomic E-state index is 13.1. The smallest absolute Gasteiger partial charge is 0.407 e. The Hall–Kier alpha value is -3.35. The highest BCUT2D eigenvalue weighted by atomic mass is 16.5. The number of nitrogens with zero attached hydrogens (tertiary/aromatic N) is 1. The summed E-state index contributed by atoms with van der Waals surface area (Å²) in [6.45, 7) is 2.17. The van der Waals surface area contributed by atoms with Gasteiger partial charge in [-0.05, 0) is 54.4 Å². The van der Waals surface area contributed by atoms with E-state index in [0.29, 0.717) is 19.3 Å². The zero-order chi connectivity index (χ0) is 24.5. The molecule has 2 aliphatic heterocycles. The summed E-state index contributed by atoms with van der Waals surface area (Å²) >= 11 is 0. The van der Waals surface area contributed by atoms with Crippen LogP contribution in [-0.4, -0.2) is 52.7 Å². The van der Waals surface area contributed by atoms with Gasteiger partial charge in [0.25, 0.3) is 0 Å². The zero-order valence-electron chi connectivity index (χ0n) is 20.0. The van der Waals surface area contributed by atoms with Gasteiger partial charge in [-0.25, -0.2) is 4.79 Å². The fourth-order valence-electron chi connectivity index (χ4n) is 6.21. The van der Waals surface area contributed by atoms with Crippen molar-refractivity contribution in [3.63, 3.8) is 0 Å². The Kier molecular flexibility index (Phi) is 6.50. The molecule has 2 N–H and O–H groups in total. The van der Waals surface area contributed by atoms with Gasteiger partial charge in [0.2, 0.25) is 5.91 Å². The summed E-state index contributed by atoms with van der Waals surface area (Å²) in [5.74, 6) is -1.15. The van der Waals surface area contributed by atoms with Crippen LogP contribution in [0.5, 0.6) is 0 Å². The Balaban J connectivity index is 1.17. The van der Waals surface area contributed by atoms with Crippen molar-refractivity contribution in [2.75, 3.05) is 6.61 Å². The molecule has 2 aromatic rings. The van der Waals surface area contributed by atoms with E-state index in [1.165, 1.54) is 11.1 Å². The molecule has 2 amide bonds. The minimum atomic E-state index is -0.766. The van der Waals surface area contributed by atoms with Gasteiger partial charge < -0.3 is 20.1 Å². The van der Waals surface area contributed by atoms with Gasteiger partial charge in [0, 0.05) is 30.5 Å². The van der Waals surface area contributed by atoms with Crippen LogP contribution in [0.1, 0.15) is 62.5 Å². The topological polar surface area (TPSA) is 95.9 Å². The van der Waals surface area contributed by atoms with E-state index in [0.717, 1.165) is 24.0 Å². The highest BCUT2D eigenvalue weighted by Crippen LogP contribution is 2.44. The number of alkyl carbamates (subject to hydrolysis) is 1. The Morgan fingerprint density at radius 3 is 2.11 bits per heavy atom. The molecule has 35 heavy (non-hydrogen) atoms. The molecule has 3 unspecified atom stereocenters. The summed E-state index contributed by atoms with van der Waals surface area (Å²) in [5, 5.41) is 12.3. The Labute approximate surface area is 205 Å². The van der Waals surface area contributed by atoms with E-state index in [2.05, 4.69) is 29.6 Å². The average Bonchev–Trinajstić information content (AvgIpc) is 3.32. The number of fused-ring (bicyclic) bond motifs is 5. The fourth-order valence-corrected chi connectivity index (χ4v) is 6.21. The van der Waals surface area contributed by atoms with E-state index in [4.69, 9.17) is 4.74 Å². The highest BCUT2D eigenvalue weighted by Gasteiger charge is 2.45. The fraction of sp³-hybridized carbons (Fsp3) is 0.464. The number of aliphatic carboxylic acids is 1. The standard InChI is InChI=1S/C28H32N2O5/c1-2-18(15-26(31)30-19-11-12-20(30)14-17(13-19)27(32)33)29-28(34)35-16-25-23-9-5-3-7-21(23)22-8-4-6-10-24(22)25/h3-10,17-20,25H,2,11-16H2,1H3,(H,29,34)(H,32,33). The van der Waals surface area contributed by atoms with E-state index >= 15 is 0 Å². The second kappa shape index (κ2) is 9.72. The van der Waals surface area contributed by atoms with Crippen LogP contribution in [0.4, 0.5) is 4.79 Å². The van der Waals surface area contributed by atoms with E-state index in [-0.39, 0.29) is 48.9 Å². The average molecular weight is 477 g/mol. The molecule has 2 fully saturated rings. The molecule has 3 aliphatic rings. The molecule has 7 nitrogen and oxygen atoms in total. The number of nitrogens with one attached hydrogen (secondary N) is 1. The Morgan fingerprint density at radius 2 is 1.57 bits per heavy atom. The molecular formula is C28H32N2O5. The number of carbonyl (C=O) groups excluding carboxylic acids is 2. The number of piperidine rings is 1. The lowest BCUT2D eigenvalue weighted by Gasteiger charge is -2.38. The van der Waals surface area contributed by atoms with Crippen LogP contribution in [0.15, 0.2) is 48.5 Å². The molecule has 0 spiro atoms. The van der Waals surface area contributed by atoms with Gasteiger partial charge in [-0.3, -0.25) is 9.59 Å². The number of carboxylic acid groups (broad SMARTS) is 1. The molecule has 184 valence electrons. The van der Waals surface area contributed by atoms with Crippen molar-refractivity contribution >= 4 is 18.0 Å². The van der Waals surface area contributed by atoms with Crippen LogP contribution < -0.4 is 5.32 Å². The van der Waals surface area contributed by atoms with Gasteiger partial charge in [-0.2, -0.15) is 0 Å². The van der Waals surface area contributed by atoms with Gasteiger partial charge in [0.15, 0.2) is 0 Å². The molecule has 2 heterocycles. The van der Waals surface area contributed by atoms with Crippen molar-refractivity contribution in [1.29, 1.82) is 0 Å². The van der Waals surface area contributed by atoms with Gasteiger partial charge >= 0.3 is 12.1 Å². The lowest BCUT2D eigenvalue weighted by atomic mass is 9.90. The maximum Gasteiger partial charge on any atom is 0.407 e. The summed E-state index contributed by atoms with van der Waals surface area (Å²) in [4.78, 5) is 39.1. The normalized spacial score (nSPS) is 23.3. The zero-order valence-corrected chi connectivity index (χ0v) is 20.0. The summed E-state index contributed by atoms with van der Waals surface area (Å²) in [6.07, 6.45) is 3.05. The van der Waals surface area contributed by atoms with Crippen molar-refractivity contribution in [2.45, 2.75) is 69.5 Å². The Morgan fingerprint density at radius 1 is 1.00 bits per heavy atom. The summed E-state index contributed by atoms with van der Waals surface area (Å²) < 4.78 is 5.65. The third kappa shape index (κ3) is 4.51. The third-order valence-electron chi connectivity index (χ3n) is 7.95. The molecule has 7 heteroatoms. The second-order valence-electron chi connectivity index (χ2n) is 9.97. The second-order valence-corrected chi connectivity index (χ2v) is 9.97. The van der Waals surface area contributed by atoms with Crippen molar-refractivity contribution in [3.8, 4) is 11.1 Å². The lowest BCUT2D eigenvalue weighted by Crippen LogP contribution is -2.50. The van der Waals surface area contributed by atoms with Crippen LogP contribution >= 0.6 is 0 Å². The minimum Gasteiger partial charge on any atom is -0.481 e. The lowest BCUT2D eigenvalue weighted by molar-refractivity contribution is -0.148. The minimum absolute atomic E-state index is 0.00527. The van der Waals surface area contributed by atoms with Crippen LogP contribution in [0.3, 0.4) is 0 Å². The van der Waals surface area contributed by atoms with E-state index in [1.807, 2.05) is 36.1 Å². The first-order valence-corrected chi connectivity index (χ1v) is 12.6. The number of amides is 2. The number of carboxylic acids is 1. The highest BCUT2D eigenvalue weighted by molar-refractivity contribution is 5.80. The molecule has 2 bridgehead atoms. The predicted octanol–water partition coefficient (Wildman–Crippen LogP) is 4.55. The summed E-state index contributed by atoms with van der Waals surface area (Å²) in [5.41, 5.74) is 4.67. The molecule has 2 saturated heterocycles. The van der Waals surface area contributed by atoms with E-state index < -0.39 is 12.1 Å². The molecule has 2 aromatic carbocycles. The van der Waals surface area contributed by atoms with E-state index in [1.54, 1.807) is 0 Å². The quantitative estimate of drug-likeness (QED) is 0.611. The van der Waals surface area contributed by atoms with Crippen LogP contribution in [0.2, 0.25) is 0 Å². The first-order chi connectivity index (χ1) is 17.0. The van der Waals surface area contributed by atoms with Crippen molar-refractivity contribution in [1.82, 2.24) is 10.2 Å². The molecule has 0 saturated carbocycles. The molecular weight excluding hydrogens is 444 g/mol. The Bertz CT molecular complexity index is 1070. The number of carbonyl (C=O) groups is 3. The molecule has 3 atom stereocenters. The largest absolute Gasteiger partial charge is 0.481 e. The van der Waals surface area contributed by atoms with Crippen molar-refractivity contribution in [2.24, 2.45) is 5.92 Å². The summed E-state index contributed by atoms with van der Waals surface area (Å²) in [7, 11) is 0. The van der Waals surface area contributed by atoms with Gasteiger partial charge in [0.05, 0.1) is 5.92 Å². The van der Waals surface area contributed by atoms with Gasteiger partial charge in [-0.15, -0.1) is 0 Å². The van der Waals surface area contributed by atoms with E-state index in [9.17, 15) is 19.5 Å². The van der Waals surface area contributed by atoms with Gasteiger partial charge in [0.1, 0.15) is 6.61 Å². The van der Waals surface area contributed by atoms with Crippen LogP contribution in [0, 0.1) is 5.92 Å². The molecule has 5 rings (SSSR count).